The van der Waals surface area contributed by atoms with Gasteiger partial charge in [-0.25, -0.2) is 0 Å². The summed E-state index contributed by atoms with van der Waals surface area (Å²) in [5, 5.41) is 11.6. The maximum atomic E-state index is 12.0. The van der Waals surface area contributed by atoms with E-state index in [4.69, 9.17) is 5.11 Å². The van der Waals surface area contributed by atoms with Gasteiger partial charge in [-0.05, 0) is 29.5 Å². The lowest BCUT2D eigenvalue weighted by Crippen LogP contribution is -2.50. The van der Waals surface area contributed by atoms with E-state index in [1.165, 1.54) is 5.56 Å². The fraction of sp³-hybridized carbons (Fsp3) is 0.500. The molecule has 21 heavy (non-hydrogen) atoms. The van der Waals surface area contributed by atoms with Crippen LogP contribution in [0.5, 0.6) is 0 Å². The minimum absolute atomic E-state index is 0.0512. The van der Waals surface area contributed by atoms with Crippen molar-refractivity contribution in [3.63, 3.8) is 0 Å². The average molecular weight is 290 g/mol. The van der Waals surface area contributed by atoms with Gasteiger partial charge in [0.05, 0.1) is 13.0 Å². The van der Waals surface area contributed by atoms with E-state index < -0.39 is 5.97 Å². The third kappa shape index (κ3) is 4.56. The van der Waals surface area contributed by atoms with Crippen LogP contribution in [0.1, 0.15) is 31.7 Å². The number of rotatable bonds is 6. The van der Waals surface area contributed by atoms with Crippen molar-refractivity contribution in [1.29, 1.82) is 0 Å². The number of anilines is 1. The summed E-state index contributed by atoms with van der Waals surface area (Å²) in [6.07, 6.45) is 0.189. The predicted octanol–water partition coefficient (Wildman–Crippen LogP) is 2.16. The third-order valence-electron chi connectivity index (χ3n) is 3.70. The van der Waals surface area contributed by atoms with Crippen molar-refractivity contribution in [1.82, 2.24) is 4.90 Å². The maximum Gasteiger partial charge on any atom is 0.303 e. The summed E-state index contributed by atoms with van der Waals surface area (Å²) in [6.45, 7) is 5.92. The molecular formula is C16H22N2O3. The molecule has 1 aromatic carbocycles. The largest absolute Gasteiger partial charge is 0.481 e. The molecule has 1 fully saturated rings. The summed E-state index contributed by atoms with van der Waals surface area (Å²) in [5.74, 6) is -0.215. The van der Waals surface area contributed by atoms with Crippen LogP contribution in [0.3, 0.4) is 0 Å². The zero-order valence-corrected chi connectivity index (χ0v) is 12.5. The first-order valence-corrected chi connectivity index (χ1v) is 7.28. The highest BCUT2D eigenvalue weighted by Gasteiger charge is 2.29. The van der Waals surface area contributed by atoms with Crippen molar-refractivity contribution in [2.45, 2.75) is 26.2 Å². The van der Waals surface area contributed by atoms with E-state index in [-0.39, 0.29) is 18.2 Å². The number of hydrogen-bond acceptors (Lipinski definition) is 3. The molecule has 1 amide bonds. The summed E-state index contributed by atoms with van der Waals surface area (Å²) in [6, 6.07) is 7.86. The number of aliphatic carboxylic acids is 1. The Morgan fingerprint density at radius 1 is 1.38 bits per heavy atom. The SMILES string of the molecule is CC(C)c1cccc(NC(=O)CN2CC(CC(=O)O)C2)c1. The van der Waals surface area contributed by atoms with Gasteiger partial charge in [-0.1, -0.05) is 26.0 Å². The van der Waals surface area contributed by atoms with E-state index in [1.54, 1.807) is 0 Å². The second kappa shape index (κ2) is 6.72. The van der Waals surface area contributed by atoms with Crippen molar-refractivity contribution < 1.29 is 14.7 Å². The molecule has 0 saturated carbocycles. The Kier molecular flexibility index (Phi) is 4.96. The number of carbonyl (C=O) groups is 2. The minimum Gasteiger partial charge on any atom is -0.481 e. The van der Waals surface area contributed by atoms with Crippen LogP contribution < -0.4 is 5.32 Å². The first-order valence-electron chi connectivity index (χ1n) is 7.28. The number of amides is 1. The van der Waals surface area contributed by atoms with Crippen LogP contribution in [0.4, 0.5) is 5.69 Å². The van der Waals surface area contributed by atoms with E-state index in [2.05, 4.69) is 19.2 Å². The number of carboxylic acids is 1. The van der Waals surface area contributed by atoms with E-state index in [9.17, 15) is 9.59 Å². The summed E-state index contributed by atoms with van der Waals surface area (Å²) < 4.78 is 0. The van der Waals surface area contributed by atoms with Crippen molar-refractivity contribution >= 4 is 17.6 Å². The number of benzene rings is 1. The molecule has 1 aliphatic heterocycles. The monoisotopic (exact) mass is 290 g/mol. The molecule has 5 nitrogen and oxygen atoms in total. The standard InChI is InChI=1S/C16H22N2O3/c1-11(2)13-4-3-5-14(7-13)17-15(19)10-18-8-12(9-18)6-16(20)21/h3-5,7,11-12H,6,8-10H2,1-2H3,(H,17,19)(H,20,21). The first-order chi connectivity index (χ1) is 9.94. The lowest BCUT2D eigenvalue weighted by atomic mass is 9.96. The van der Waals surface area contributed by atoms with Crippen LogP contribution in [0, 0.1) is 5.92 Å². The Balaban J connectivity index is 1.78. The normalized spacial score (nSPS) is 15.8. The molecule has 5 heteroatoms. The number of nitrogens with zero attached hydrogens (tertiary/aromatic N) is 1. The van der Waals surface area contributed by atoms with Crippen molar-refractivity contribution in [2.75, 3.05) is 25.0 Å². The smallest absolute Gasteiger partial charge is 0.303 e. The molecule has 1 aromatic rings. The molecule has 1 saturated heterocycles. The second-order valence-corrected chi connectivity index (χ2v) is 5.99. The van der Waals surface area contributed by atoms with Gasteiger partial charge in [0.2, 0.25) is 5.91 Å². The number of carbonyl (C=O) groups excluding carboxylic acids is 1. The highest BCUT2D eigenvalue weighted by molar-refractivity contribution is 5.92. The molecule has 0 atom stereocenters. The van der Waals surface area contributed by atoms with Gasteiger partial charge in [-0.15, -0.1) is 0 Å². The van der Waals surface area contributed by atoms with E-state index in [0.29, 0.717) is 25.6 Å². The van der Waals surface area contributed by atoms with E-state index in [1.807, 2.05) is 29.2 Å². The fourth-order valence-corrected chi connectivity index (χ4v) is 2.56. The van der Waals surface area contributed by atoms with Gasteiger partial charge >= 0.3 is 5.97 Å². The summed E-state index contributed by atoms with van der Waals surface area (Å²) in [5.41, 5.74) is 2.01. The zero-order valence-electron chi connectivity index (χ0n) is 12.5. The minimum atomic E-state index is -0.769. The fourth-order valence-electron chi connectivity index (χ4n) is 2.56. The molecule has 114 valence electrons. The first kappa shape index (κ1) is 15.5. The van der Waals surface area contributed by atoms with Gasteiger partial charge in [0, 0.05) is 18.8 Å². The lowest BCUT2D eigenvalue weighted by molar-refractivity contribution is -0.139. The van der Waals surface area contributed by atoms with Crippen LogP contribution in [0.15, 0.2) is 24.3 Å². The average Bonchev–Trinajstić information content (AvgIpc) is 2.35. The van der Waals surface area contributed by atoms with E-state index in [0.717, 1.165) is 5.69 Å². The molecule has 1 aliphatic rings. The Labute approximate surface area is 125 Å². The van der Waals surface area contributed by atoms with Gasteiger partial charge < -0.3 is 10.4 Å². The Morgan fingerprint density at radius 3 is 2.71 bits per heavy atom. The van der Waals surface area contributed by atoms with Crippen LogP contribution in [-0.4, -0.2) is 41.5 Å². The molecule has 1 heterocycles. The molecular weight excluding hydrogens is 268 g/mol. The molecule has 0 spiro atoms. The van der Waals surface area contributed by atoms with Crippen LogP contribution >= 0.6 is 0 Å². The highest BCUT2D eigenvalue weighted by atomic mass is 16.4. The molecule has 0 aromatic heterocycles. The summed E-state index contributed by atoms with van der Waals surface area (Å²) in [4.78, 5) is 24.5. The number of nitrogens with one attached hydrogen (secondary N) is 1. The van der Waals surface area contributed by atoms with Crippen molar-refractivity contribution in [3.8, 4) is 0 Å². The third-order valence-corrected chi connectivity index (χ3v) is 3.70. The van der Waals surface area contributed by atoms with E-state index >= 15 is 0 Å². The second-order valence-electron chi connectivity index (χ2n) is 5.99. The Morgan fingerprint density at radius 2 is 2.10 bits per heavy atom. The van der Waals surface area contributed by atoms with Crippen LogP contribution in [-0.2, 0) is 9.59 Å². The summed E-state index contributed by atoms with van der Waals surface area (Å²) >= 11 is 0. The quantitative estimate of drug-likeness (QED) is 0.842. The molecule has 0 unspecified atom stereocenters. The number of carboxylic acid groups (broad SMARTS) is 1. The highest BCUT2D eigenvalue weighted by Crippen LogP contribution is 2.20. The lowest BCUT2D eigenvalue weighted by Gasteiger charge is -2.37. The van der Waals surface area contributed by atoms with Gasteiger partial charge in [0.25, 0.3) is 0 Å². The number of hydrogen-bond donors (Lipinski definition) is 2. The van der Waals surface area contributed by atoms with Crippen molar-refractivity contribution in [2.24, 2.45) is 5.92 Å². The molecule has 0 radical (unpaired) electrons. The number of likely N-dealkylation sites (tertiary alicyclic amines) is 1. The Hall–Kier alpha value is -1.88. The molecule has 2 rings (SSSR count). The Bertz CT molecular complexity index is 522. The van der Waals surface area contributed by atoms with Crippen LogP contribution in [0.25, 0.3) is 0 Å². The van der Waals surface area contributed by atoms with Crippen molar-refractivity contribution in [3.05, 3.63) is 29.8 Å². The summed E-state index contributed by atoms with van der Waals surface area (Å²) in [7, 11) is 0. The molecule has 0 aliphatic carbocycles. The van der Waals surface area contributed by atoms with Gasteiger partial charge in [0.15, 0.2) is 0 Å². The van der Waals surface area contributed by atoms with Gasteiger partial charge in [-0.3, -0.25) is 14.5 Å². The van der Waals surface area contributed by atoms with Gasteiger partial charge in [0.1, 0.15) is 0 Å². The maximum absolute atomic E-state index is 12.0. The zero-order chi connectivity index (χ0) is 15.4. The predicted molar refractivity (Wildman–Crippen MR) is 81.3 cm³/mol. The molecule has 0 bridgehead atoms. The van der Waals surface area contributed by atoms with Crippen LogP contribution in [0.2, 0.25) is 0 Å². The van der Waals surface area contributed by atoms with Gasteiger partial charge in [-0.2, -0.15) is 0 Å². The topological polar surface area (TPSA) is 69.6 Å². The molecule has 2 N–H and O–H groups in total.